The van der Waals surface area contributed by atoms with Crippen LogP contribution < -0.4 is 16.1 Å². The number of benzene rings is 2. The molecule has 6 heteroatoms. The van der Waals surface area contributed by atoms with Crippen molar-refractivity contribution < 1.29 is 4.43 Å². The average molecular weight is 461 g/mol. The van der Waals surface area contributed by atoms with Gasteiger partial charge >= 0.3 is 0 Å². The third kappa shape index (κ3) is 3.73. The van der Waals surface area contributed by atoms with E-state index < -0.39 is 8.32 Å². The standard InChI is InChI=1S/C27H36N4OSi/c1-18(2)31-25(29-26(28)30-31)24-22-16-19(17-23(22)24)32-33(27(3,4)5,20-12-8-6-9-13-20)21-14-10-7-11-15-21/h6-15,18-19,22-24H,16-17H2,1-5H3,(H2,28,30)/t19?,22-,23+,24+. The first kappa shape index (κ1) is 22.4. The van der Waals surface area contributed by atoms with E-state index >= 15 is 0 Å². The van der Waals surface area contributed by atoms with Gasteiger partial charge in [0, 0.05) is 18.1 Å². The zero-order chi connectivity index (χ0) is 23.4. The predicted molar refractivity (Wildman–Crippen MR) is 136 cm³/mol. The van der Waals surface area contributed by atoms with Crippen molar-refractivity contribution >= 4 is 24.6 Å². The number of aromatic nitrogens is 3. The van der Waals surface area contributed by atoms with Crippen molar-refractivity contribution in [2.24, 2.45) is 11.8 Å². The van der Waals surface area contributed by atoms with Crippen molar-refractivity contribution in [1.82, 2.24) is 14.8 Å². The van der Waals surface area contributed by atoms with Gasteiger partial charge in [-0.15, -0.1) is 5.10 Å². The van der Waals surface area contributed by atoms with Crippen LogP contribution in [0.3, 0.4) is 0 Å². The fraction of sp³-hybridized carbons (Fsp3) is 0.481. The highest BCUT2D eigenvalue weighted by molar-refractivity contribution is 6.99. The molecule has 1 unspecified atom stereocenters. The predicted octanol–water partition coefficient (Wildman–Crippen LogP) is 4.51. The average Bonchev–Trinajstić information content (AvgIpc) is 3.09. The molecule has 2 aromatic carbocycles. The first-order valence-corrected chi connectivity index (χ1v) is 14.1. The van der Waals surface area contributed by atoms with Gasteiger partial charge in [0.1, 0.15) is 5.82 Å². The smallest absolute Gasteiger partial charge is 0.261 e. The molecular weight excluding hydrogens is 424 g/mol. The van der Waals surface area contributed by atoms with E-state index in [2.05, 4.69) is 105 Å². The van der Waals surface area contributed by atoms with Crippen LogP contribution in [0, 0.1) is 11.8 Å². The Morgan fingerprint density at radius 1 is 0.939 bits per heavy atom. The molecule has 0 bridgehead atoms. The molecule has 174 valence electrons. The van der Waals surface area contributed by atoms with E-state index in [1.165, 1.54) is 10.4 Å². The molecule has 2 aliphatic rings. The van der Waals surface area contributed by atoms with Gasteiger partial charge in [0.05, 0.1) is 0 Å². The summed E-state index contributed by atoms with van der Waals surface area (Å²) in [4.78, 5) is 4.61. The first-order valence-electron chi connectivity index (χ1n) is 12.2. The van der Waals surface area contributed by atoms with Crippen molar-refractivity contribution in [2.75, 3.05) is 5.73 Å². The zero-order valence-electron chi connectivity index (χ0n) is 20.4. The molecule has 2 aliphatic carbocycles. The summed E-state index contributed by atoms with van der Waals surface area (Å²) in [6, 6.07) is 22.2. The van der Waals surface area contributed by atoms with Gasteiger partial charge in [-0.05, 0) is 53.9 Å². The van der Waals surface area contributed by atoms with Gasteiger partial charge in [-0.25, -0.2) is 4.68 Å². The van der Waals surface area contributed by atoms with Gasteiger partial charge < -0.3 is 10.2 Å². The van der Waals surface area contributed by atoms with Gasteiger partial charge in [-0.3, -0.25) is 0 Å². The molecule has 0 spiro atoms. The Morgan fingerprint density at radius 3 is 1.91 bits per heavy atom. The summed E-state index contributed by atoms with van der Waals surface area (Å²) in [6.07, 6.45) is 2.45. The summed E-state index contributed by atoms with van der Waals surface area (Å²) in [7, 11) is -2.50. The van der Waals surface area contributed by atoms with Crippen molar-refractivity contribution in [2.45, 2.75) is 70.6 Å². The Bertz CT molecular complexity index is 1050. The lowest BCUT2D eigenvalue weighted by Crippen LogP contribution is -2.67. The van der Waals surface area contributed by atoms with Gasteiger partial charge in [-0.1, -0.05) is 81.4 Å². The summed E-state index contributed by atoms with van der Waals surface area (Å²) in [5.41, 5.74) is 5.96. The largest absolute Gasteiger partial charge is 0.404 e. The van der Waals surface area contributed by atoms with Crippen LogP contribution in [0.25, 0.3) is 0 Å². The van der Waals surface area contributed by atoms with Crippen molar-refractivity contribution in [3.05, 3.63) is 66.5 Å². The van der Waals surface area contributed by atoms with E-state index in [-0.39, 0.29) is 17.2 Å². The lowest BCUT2D eigenvalue weighted by atomic mass is 10.1. The van der Waals surface area contributed by atoms with Crippen LogP contribution in [0.4, 0.5) is 5.95 Å². The SMILES string of the molecule is CC(C)n1nc(N)nc1[C@H]1[C@@H]2CC(O[Si](c3ccccc3)(c3ccccc3)C(C)(C)C)C[C@@H]21. The fourth-order valence-electron chi connectivity index (χ4n) is 6.17. The Hall–Kier alpha value is -2.44. The minimum Gasteiger partial charge on any atom is -0.404 e. The molecule has 0 radical (unpaired) electrons. The summed E-state index contributed by atoms with van der Waals surface area (Å²) >= 11 is 0. The van der Waals surface area contributed by atoms with Gasteiger partial charge in [-0.2, -0.15) is 4.98 Å². The van der Waals surface area contributed by atoms with E-state index in [1.807, 2.05) is 4.68 Å². The maximum atomic E-state index is 7.37. The Morgan fingerprint density at radius 2 is 1.45 bits per heavy atom. The van der Waals surface area contributed by atoms with Crippen LogP contribution in [0.2, 0.25) is 5.04 Å². The Labute approximate surface area is 198 Å². The number of hydrogen-bond acceptors (Lipinski definition) is 4. The molecule has 2 fully saturated rings. The zero-order valence-corrected chi connectivity index (χ0v) is 21.4. The second kappa shape index (κ2) is 8.10. The maximum absolute atomic E-state index is 7.37. The number of fused-ring (bicyclic) bond motifs is 1. The number of hydrogen-bond donors (Lipinski definition) is 1. The molecule has 1 aromatic heterocycles. The number of nitrogen functional groups attached to an aromatic ring is 1. The van der Waals surface area contributed by atoms with Crippen LogP contribution in [0.5, 0.6) is 0 Å². The Kier molecular flexibility index (Phi) is 5.49. The fourth-order valence-corrected chi connectivity index (χ4v) is 10.9. The molecule has 0 saturated heterocycles. The minimum absolute atomic E-state index is 0.00809. The van der Waals surface area contributed by atoms with Crippen molar-refractivity contribution in [3.8, 4) is 0 Å². The van der Waals surface area contributed by atoms with Crippen LogP contribution in [-0.4, -0.2) is 29.2 Å². The second-order valence-corrected chi connectivity index (χ2v) is 15.3. The van der Waals surface area contributed by atoms with Crippen LogP contribution in [0.1, 0.15) is 65.2 Å². The Balaban J connectivity index is 1.44. The highest BCUT2D eigenvalue weighted by atomic mass is 28.4. The van der Waals surface area contributed by atoms with E-state index in [0.717, 1.165) is 18.7 Å². The summed E-state index contributed by atoms with van der Waals surface area (Å²) in [5.74, 6) is 3.17. The molecule has 0 aliphatic heterocycles. The number of anilines is 1. The van der Waals surface area contributed by atoms with Crippen molar-refractivity contribution in [3.63, 3.8) is 0 Å². The van der Waals surface area contributed by atoms with E-state index in [4.69, 9.17) is 10.2 Å². The third-order valence-electron chi connectivity index (χ3n) is 7.62. The lowest BCUT2D eigenvalue weighted by molar-refractivity contribution is 0.177. The molecule has 3 aromatic rings. The summed E-state index contributed by atoms with van der Waals surface area (Å²) in [5, 5.41) is 7.17. The molecule has 5 rings (SSSR count). The molecule has 33 heavy (non-hydrogen) atoms. The molecule has 4 atom stereocenters. The number of nitrogens with zero attached hydrogens (tertiary/aromatic N) is 3. The molecule has 1 heterocycles. The maximum Gasteiger partial charge on any atom is 0.261 e. The first-order chi connectivity index (χ1) is 15.7. The molecule has 0 amide bonds. The van der Waals surface area contributed by atoms with Crippen LogP contribution in [0.15, 0.2) is 60.7 Å². The molecule has 5 nitrogen and oxygen atoms in total. The number of nitrogens with two attached hydrogens (primary N) is 1. The normalized spacial score (nSPS) is 24.8. The van der Waals surface area contributed by atoms with E-state index in [1.54, 1.807) is 0 Å². The lowest BCUT2D eigenvalue weighted by Gasteiger charge is -2.45. The topological polar surface area (TPSA) is 66.0 Å². The van der Waals surface area contributed by atoms with E-state index in [0.29, 0.717) is 23.7 Å². The van der Waals surface area contributed by atoms with Crippen LogP contribution >= 0.6 is 0 Å². The van der Waals surface area contributed by atoms with Gasteiger partial charge in [0.15, 0.2) is 0 Å². The van der Waals surface area contributed by atoms with Gasteiger partial charge in [0.25, 0.3) is 8.32 Å². The van der Waals surface area contributed by atoms with E-state index in [9.17, 15) is 0 Å². The number of rotatable bonds is 6. The van der Waals surface area contributed by atoms with Gasteiger partial charge in [0.2, 0.25) is 5.95 Å². The van der Waals surface area contributed by atoms with Crippen LogP contribution in [-0.2, 0) is 4.43 Å². The third-order valence-corrected chi connectivity index (χ3v) is 12.7. The monoisotopic (exact) mass is 460 g/mol. The highest BCUT2D eigenvalue weighted by Crippen LogP contribution is 2.64. The quantitative estimate of drug-likeness (QED) is 0.550. The minimum atomic E-state index is -2.50. The second-order valence-electron chi connectivity index (χ2n) is 11.1. The summed E-state index contributed by atoms with van der Waals surface area (Å²) in [6.45, 7) is 11.3. The molecule has 2 N–H and O–H groups in total. The molecule has 2 saturated carbocycles. The highest BCUT2D eigenvalue weighted by Gasteiger charge is 2.61. The summed E-state index contributed by atoms with van der Waals surface area (Å²) < 4.78 is 9.40. The van der Waals surface area contributed by atoms with Crippen molar-refractivity contribution in [1.29, 1.82) is 0 Å². The molecular formula is C27H36N4OSi.